The molecule has 0 radical (unpaired) electrons. The number of pyridine rings is 1. The predicted octanol–water partition coefficient (Wildman–Crippen LogP) is 5.42. The lowest BCUT2D eigenvalue weighted by Gasteiger charge is -2.60. The van der Waals surface area contributed by atoms with Crippen molar-refractivity contribution in [2.75, 3.05) is 13.7 Å². The molecule has 3 saturated carbocycles. The van der Waals surface area contributed by atoms with E-state index in [0.717, 1.165) is 36.1 Å². The van der Waals surface area contributed by atoms with Crippen LogP contribution in [0, 0.1) is 23.2 Å². The summed E-state index contributed by atoms with van der Waals surface area (Å²) in [7, 11) is 1.29. The molecule has 8 nitrogen and oxygen atoms in total. The zero-order chi connectivity index (χ0) is 29.9. The average molecular weight is 585 g/mol. The Morgan fingerprint density at radius 3 is 2.44 bits per heavy atom. The second-order valence-electron chi connectivity index (χ2n) is 14.1. The lowest BCUT2D eigenvalue weighted by molar-refractivity contribution is -0.141. The van der Waals surface area contributed by atoms with Gasteiger partial charge in [-0.15, -0.1) is 0 Å². The van der Waals surface area contributed by atoms with Crippen LogP contribution in [0.2, 0.25) is 0 Å². The van der Waals surface area contributed by atoms with Crippen LogP contribution in [0.1, 0.15) is 77.7 Å². The molecule has 0 spiro atoms. The molecule has 4 bridgehead atoms. The first-order chi connectivity index (χ1) is 20.8. The third kappa shape index (κ3) is 4.86. The minimum Gasteiger partial charge on any atom is -0.468 e. The van der Waals surface area contributed by atoms with Crippen LogP contribution in [0.5, 0.6) is 0 Å². The molecule has 3 aromatic rings. The largest absolute Gasteiger partial charge is 0.468 e. The first kappa shape index (κ1) is 28.5. The zero-order valence-corrected chi connectivity index (χ0v) is 25.7. The maximum Gasteiger partial charge on any atom is 0.325 e. The van der Waals surface area contributed by atoms with Gasteiger partial charge in [0.2, 0.25) is 0 Å². The van der Waals surface area contributed by atoms with E-state index in [4.69, 9.17) is 9.72 Å². The number of carbonyl (C=O) groups is 1. The van der Waals surface area contributed by atoms with E-state index >= 15 is 0 Å². The standard InChI is InChI=1S/C35H44N4O4/c1-35(2)23-15-14-22(27(35)18-23)16-17-37-24-8-6-9-25(37)20-26(19-24)39-29-11-5-4-10-28(29)36-33(34(39)42)30-12-7-13-31(40)38(30)21-32(41)43-3/h4-5,7,10-13,22-27H,6,8-9,14-21H2,1-3H3/t22-,23-,24-,25+,26?,27-/m0/s1. The van der Waals surface area contributed by atoms with Crippen LogP contribution in [0.3, 0.4) is 0 Å². The van der Waals surface area contributed by atoms with Crippen molar-refractivity contribution in [3.8, 4) is 11.4 Å². The van der Waals surface area contributed by atoms with Crippen molar-refractivity contribution < 1.29 is 9.53 Å². The number of nitrogens with zero attached hydrogens (tertiary/aromatic N) is 4. The molecule has 2 aliphatic heterocycles. The third-order valence-electron chi connectivity index (χ3n) is 11.8. The Labute approximate surface area is 253 Å². The number of ether oxygens (including phenoxy) is 1. The Hall–Kier alpha value is -3.26. The molecule has 8 rings (SSSR count). The fourth-order valence-electron chi connectivity index (χ4n) is 9.42. The number of aromatic nitrogens is 3. The minimum atomic E-state index is -0.551. The van der Waals surface area contributed by atoms with E-state index < -0.39 is 5.97 Å². The summed E-state index contributed by atoms with van der Waals surface area (Å²) in [6.07, 6.45) is 11.0. The van der Waals surface area contributed by atoms with Crippen molar-refractivity contribution >= 4 is 17.0 Å². The van der Waals surface area contributed by atoms with E-state index in [-0.39, 0.29) is 29.4 Å². The second-order valence-corrected chi connectivity index (χ2v) is 14.1. The van der Waals surface area contributed by atoms with Gasteiger partial charge in [0, 0.05) is 24.2 Å². The highest BCUT2D eigenvalue weighted by molar-refractivity contribution is 5.78. The molecule has 43 heavy (non-hydrogen) atoms. The summed E-state index contributed by atoms with van der Waals surface area (Å²) in [5.74, 6) is 2.12. The van der Waals surface area contributed by atoms with Gasteiger partial charge in [0.05, 0.1) is 23.8 Å². The average Bonchev–Trinajstić information content (AvgIpc) is 3.00. The molecule has 2 aromatic heterocycles. The summed E-state index contributed by atoms with van der Waals surface area (Å²) in [4.78, 5) is 47.0. The van der Waals surface area contributed by atoms with Gasteiger partial charge in [-0.1, -0.05) is 38.5 Å². The zero-order valence-electron chi connectivity index (χ0n) is 25.7. The van der Waals surface area contributed by atoms with Crippen molar-refractivity contribution in [3.63, 3.8) is 0 Å². The van der Waals surface area contributed by atoms with E-state index in [1.807, 2.05) is 28.8 Å². The lowest BCUT2D eigenvalue weighted by Crippen LogP contribution is -2.55. The molecule has 4 heterocycles. The van der Waals surface area contributed by atoms with Gasteiger partial charge in [0.25, 0.3) is 11.1 Å². The van der Waals surface area contributed by atoms with Crippen molar-refractivity contribution in [2.24, 2.45) is 23.2 Å². The number of fused-ring (bicyclic) bond motifs is 5. The van der Waals surface area contributed by atoms with Crippen LogP contribution in [0.25, 0.3) is 22.4 Å². The van der Waals surface area contributed by atoms with Crippen LogP contribution >= 0.6 is 0 Å². The first-order valence-electron chi connectivity index (χ1n) is 16.3. The maximum absolute atomic E-state index is 14.4. The van der Waals surface area contributed by atoms with Crippen molar-refractivity contribution in [1.29, 1.82) is 0 Å². The van der Waals surface area contributed by atoms with Gasteiger partial charge < -0.3 is 9.30 Å². The summed E-state index contributed by atoms with van der Waals surface area (Å²) < 4.78 is 8.09. The first-order valence-corrected chi connectivity index (χ1v) is 16.3. The number of methoxy groups -OCH3 is 1. The molecular formula is C35H44N4O4. The van der Waals surface area contributed by atoms with Gasteiger partial charge in [-0.2, -0.15) is 0 Å². The fraction of sp³-hybridized carbons (Fsp3) is 0.600. The van der Waals surface area contributed by atoms with Crippen LogP contribution < -0.4 is 11.1 Å². The van der Waals surface area contributed by atoms with E-state index in [1.54, 1.807) is 12.1 Å². The van der Waals surface area contributed by atoms with Gasteiger partial charge >= 0.3 is 5.97 Å². The lowest BCUT2D eigenvalue weighted by atomic mass is 9.45. The van der Waals surface area contributed by atoms with Gasteiger partial charge in [-0.05, 0) is 99.3 Å². The number of rotatable bonds is 7. The SMILES string of the molecule is COC(=O)Cn1c(-c2nc3ccccc3n(C3C[C@H]4CCC[C@@H](C3)N4CC[C@@H]3CC[C@H]4C[C@@H]3C4(C)C)c2=O)cccc1=O. The van der Waals surface area contributed by atoms with E-state index in [0.29, 0.717) is 28.7 Å². The van der Waals surface area contributed by atoms with Crippen molar-refractivity contribution in [1.82, 2.24) is 19.0 Å². The molecule has 3 aliphatic carbocycles. The molecule has 5 aliphatic rings. The monoisotopic (exact) mass is 584 g/mol. The Bertz CT molecular complexity index is 1640. The molecule has 2 saturated heterocycles. The van der Waals surface area contributed by atoms with E-state index in [2.05, 4.69) is 18.7 Å². The van der Waals surface area contributed by atoms with Crippen molar-refractivity contribution in [2.45, 2.75) is 96.3 Å². The third-order valence-corrected chi connectivity index (χ3v) is 11.8. The number of piperidine rings is 2. The number of hydrogen-bond donors (Lipinski definition) is 0. The Morgan fingerprint density at radius 2 is 1.72 bits per heavy atom. The van der Waals surface area contributed by atoms with E-state index in [1.165, 1.54) is 69.2 Å². The summed E-state index contributed by atoms with van der Waals surface area (Å²) in [6.45, 7) is 5.88. The van der Waals surface area contributed by atoms with Gasteiger partial charge in [0.15, 0.2) is 5.69 Å². The fourth-order valence-corrected chi connectivity index (χ4v) is 9.42. The number of carbonyl (C=O) groups excluding carboxylic acids is 1. The topological polar surface area (TPSA) is 86.4 Å². The summed E-state index contributed by atoms with van der Waals surface area (Å²) in [5, 5.41) is 0. The molecule has 0 amide bonds. The number of esters is 1. The van der Waals surface area contributed by atoms with Gasteiger partial charge in [-0.25, -0.2) is 4.98 Å². The molecular weight excluding hydrogens is 540 g/mol. The molecule has 0 N–H and O–H groups in total. The minimum absolute atomic E-state index is 0.0520. The maximum atomic E-state index is 14.4. The second kappa shape index (κ2) is 11.0. The highest BCUT2D eigenvalue weighted by atomic mass is 16.5. The number of para-hydroxylation sites is 2. The molecule has 1 unspecified atom stereocenters. The highest BCUT2D eigenvalue weighted by Crippen LogP contribution is 2.62. The smallest absolute Gasteiger partial charge is 0.325 e. The highest BCUT2D eigenvalue weighted by Gasteiger charge is 2.54. The summed E-state index contributed by atoms with van der Waals surface area (Å²) in [5.41, 5.74) is 2.03. The molecule has 6 atom stereocenters. The van der Waals surface area contributed by atoms with Crippen LogP contribution in [-0.2, 0) is 16.1 Å². The predicted molar refractivity (Wildman–Crippen MR) is 167 cm³/mol. The van der Waals surface area contributed by atoms with E-state index in [9.17, 15) is 14.4 Å². The summed E-state index contributed by atoms with van der Waals surface area (Å²) in [6, 6.07) is 13.5. The summed E-state index contributed by atoms with van der Waals surface area (Å²) >= 11 is 0. The Kier molecular flexibility index (Phi) is 7.31. The molecule has 8 heteroatoms. The van der Waals surface area contributed by atoms with Crippen LogP contribution in [0.4, 0.5) is 0 Å². The normalized spacial score (nSPS) is 29.7. The Balaban J connectivity index is 1.20. The quantitative estimate of drug-likeness (QED) is 0.345. The number of hydrogen-bond acceptors (Lipinski definition) is 6. The number of benzene rings is 1. The van der Waals surface area contributed by atoms with Gasteiger partial charge in [0.1, 0.15) is 6.54 Å². The molecule has 1 aromatic carbocycles. The van der Waals surface area contributed by atoms with Crippen LogP contribution in [-0.4, -0.2) is 50.7 Å². The molecule has 5 fully saturated rings. The Morgan fingerprint density at radius 1 is 0.953 bits per heavy atom. The van der Waals surface area contributed by atoms with Gasteiger partial charge in [-0.3, -0.25) is 23.9 Å². The molecule has 228 valence electrons. The van der Waals surface area contributed by atoms with Crippen molar-refractivity contribution in [3.05, 3.63) is 63.2 Å². The van der Waals surface area contributed by atoms with Crippen LogP contribution in [0.15, 0.2) is 52.1 Å².